The van der Waals surface area contributed by atoms with Crippen LogP contribution in [0.2, 0.25) is 0 Å². The van der Waals surface area contributed by atoms with Crippen LogP contribution in [-0.4, -0.2) is 31.3 Å². The number of carbonyl (C=O) groups excluding carboxylic acids is 1. The summed E-state index contributed by atoms with van der Waals surface area (Å²) in [6.45, 7) is 2.52. The minimum atomic E-state index is -0.801. The predicted octanol–water partition coefficient (Wildman–Crippen LogP) is 0.640. The van der Waals surface area contributed by atoms with Crippen molar-refractivity contribution in [2.75, 3.05) is 13.2 Å². The maximum Gasteiger partial charge on any atom is 0.307 e. The van der Waals surface area contributed by atoms with E-state index in [0.717, 1.165) is 0 Å². The summed E-state index contributed by atoms with van der Waals surface area (Å²) in [4.78, 5) is 10.9. The average Bonchev–Trinajstić information content (AvgIpc) is 2.36. The number of carbonyl (C=O) groups is 1. The lowest BCUT2D eigenvalue weighted by Crippen LogP contribution is -2.25. The van der Waals surface area contributed by atoms with Crippen LogP contribution >= 0.6 is 0 Å². The molecule has 1 fully saturated rings. The zero-order valence-electron chi connectivity index (χ0n) is 7.18. The van der Waals surface area contributed by atoms with Crippen LogP contribution in [0.4, 0.5) is 4.39 Å². The molecular formula is C8H14FNO2. The molecule has 0 amide bonds. The molecule has 1 aliphatic rings. The number of ether oxygens (including phenoxy) is 1. The van der Waals surface area contributed by atoms with Crippen LogP contribution in [0.3, 0.4) is 0 Å². The van der Waals surface area contributed by atoms with E-state index >= 15 is 0 Å². The second kappa shape index (κ2) is 4.40. The molecule has 3 nitrogen and oxygen atoms in total. The molecule has 0 spiro atoms. The van der Waals surface area contributed by atoms with Gasteiger partial charge in [0.05, 0.1) is 13.0 Å². The lowest BCUT2D eigenvalue weighted by molar-refractivity contribution is -0.143. The Morgan fingerprint density at radius 1 is 1.75 bits per heavy atom. The molecule has 1 heterocycles. The molecule has 0 radical (unpaired) electrons. The van der Waals surface area contributed by atoms with Crippen LogP contribution in [0.5, 0.6) is 0 Å². The van der Waals surface area contributed by atoms with E-state index in [1.165, 1.54) is 0 Å². The molecule has 4 heteroatoms. The van der Waals surface area contributed by atoms with Gasteiger partial charge >= 0.3 is 5.97 Å². The predicted molar refractivity (Wildman–Crippen MR) is 42.6 cm³/mol. The Morgan fingerprint density at radius 2 is 2.50 bits per heavy atom. The number of alkyl halides is 1. The molecular weight excluding hydrogens is 161 g/mol. The number of hydrogen-bond donors (Lipinski definition) is 1. The Labute approximate surface area is 71.3 Å². The van der Waals surface area contributed by atoms with Gasteiger partial charge in [-0.3, -0.25) is 4.79 Å². The lowest BCUT2D eigenvalue weighted by Gasteiger charge is -2.07. The van der Waals surface area contributed by atoms with Crippen LogP contribution in [-0.2, 0) is 9.53 Å². The van der Waals surface area contributed by atoms with Gasteiger partial charge in [0.1, 0.15) is 6.17 Å². The number of rotatable bonds is 3. The topological polar surface area (TPSA) is 38.3 Å². The first-order valence-corrected chi connectivity index (χ1v) is 4.25. The lowest BCUT2D eigenvalue weighted by atomic mass is 10.1. The summed E-state index contributed by atoms with van der Waals surface area (Å²) in [5.41, 5.74) is 0. The average molecular weight is 175 g/mol. The fourth-order valence-corrected chi connectivity index (χ4v) is 1.35. The molecule has 2 atom stereocenters. The van der Waals surface area contributed by atoms with Crippen molar-refractivity contribution in [2.45, 2.75) is 32.0 Å². The van der Waals surface area contributed by atoms with E-state index in [9.17, 15) is 9.18 Å². The summed E-state index contributed by atoms with van der Waals surface area (Å²) < 4.78 is 17.3. The van der Waals surface area contributed by atoms with Crippen molar-refractivity contribution in [3.05, 3.63) is 0 Å². The SMILES string of the molecule is CCOC(=O)C[C@@H]1C[C@@H](F)CN1. The van der Waals surface area contributed by atoms with Gasteiger partial charge in [0.25, 0.3) is 0 Å². The summed E-state index contributed by atoms with van der Waals surface area (Å²) in [6.07, 6.45) is -0.0861. The van der Waals surface area contributed by atoms with Gasteiger partial charge < -0.3 is 10.1 Å². The zero-order valence-corrected chi connectivity index (χ0v) is 7.18. The monoisotopic (exact) mass is 175 g/mol. The Bertz CT molecular complexity index is 163. The van der Waals surface area contributed by atoms with E-state index in [-0.39, 0.29) is 18.4 Å². The molecule has 0 aromatic carbocycles. The first-order chi connectivity index (χ1) is 5.72. The van der Waals surface area contributed by atoms with E-state index < -0.39 is 6.17 Å². The standard InChI is InChI=1S/C8H14FNO2/c1-2-12-8(11)4-7-3-6(9)5-10-7/h6-7,10H,2-5H2,1H3/t6-,7+/m1/s1. The van der Waals surface area contributed by atoms with Gasteiger partial charge in [-0.15, -0.1) is 0 Å². The smallest absolute Gasteiger partial charge is 0.307 e. The van der Waals surface area contributed by atoms with E-state index in [1.807, 2.05) is 0 Å². The maximum atomic E-state index is 12.6. The summed E-state index contributed by atoms with van der Waals surface area (Å²) in [5, 5.41) is 2.92. The molecule has 1 N–H and O–H groups in total. The third kappa shape index (κ3) is 2.77. The molecule has 0 saturated carbocycles. The Morgan fingerprint density at radius 3 is 3.00 bits per heavy atom. The third-order valence-electron chi connectivity index (χ3n) is 1.89. The number of hydrogen-bond acceptors (Lipinski definition) is 3. The van der Waals surface area contributed by atoms with Gasteiger partial charge in [-0.05, 0) is 13.3 Å². The van der Waals surface area contributed by atoms with Crippen molar-refractivity contribution in [1.82, 2.24) is 5.32 Å². The van der Waals surface area contributed by atoms with Gasteiger partial charge in [0, 0.05) is 12.6 Å². The van der Waals surface area contributed by atoms with E-state index in [2.05, 4.69) is 5.32 Å². The van der Waals surface area contributed by atoms with E-state index in [0.29, 0.717) is 19.6 Å². The molecule has 0 aromatic heterocycles. The van der Waals surface area contributed by atoms with Gasteiger partial charge in [0.15, 0.2) is 0 Å². The summed E-state index contributed by atoms with van der Waals surface area (Å²) >= 11 is 0. The Hall–Kier alpha value is -0.640. The van der Waals surface area contributed by atoms with Crippen LogP contribution in [0.25, 0.3) is 0 Å². The van der Waals surface area contributed by atoms with Crippen molar-refractivity contribution < 1.29 is 13.9 Å². The van der Waals surface area contributed by atoms with Crippen molar-refractivity contribution in [2.24, 2.45) is 0 Å². The van der Waals surface area contributed by atoms with Gasteiger partial charge in [-0.2, -0.15) is 0 Å². The molecule has 12 heavy (non-hydrogen) atoms. The van der Waals surface area contributed by atoms with Gasteiger partial charge in [0.2, 0.25) is 0 Å². The van der Waals surface area contributed by atoms with Gasteiger partial charge in [-0.1, -0.05) is 0 Å². The molecule has 0 bridgehead atoms. The third-order valence-corrected chi connectivity index (χ3v) is 1.89. The maximum absolute atomic E-state index is 12.6. The molecule has 1 saturated heterocycles. The minimum Gasteiger partial charge on any atom is -0.466 e. The first-order valence-electron chi connectivity index (χ1n) is 4.25. The number of halogens is 1. The summed E-state index contributed by atoms with van der Waals surface area (Å²) in [5.74, 6) is -0.246. The molecule has 1 aliphatic heterocycles. The zero-order chi connectivity index (χ0) is 8.97. The highest BCUT2D eigenvalue weighted by Gasteiger charge is 2.25. The Balaban J connectivity index is 2.18. The molecule has 0 unspecified atom stereocenters. The highest BCUT2D eigenvalue weighted by atomic mass is 19.1. The largest absolute Gasteiger partial charge is 0.466 e. The molecule has 0 aliphatic carbocycles. The summed E-state index contributed by atoms with van der Waals surface area (Å²) in [6, 6.07) is -0.0287. The van der Waals surface area contributed by atoms with Gasteiger partial charge in [-0.25, -0.2) is 4.39 Å². The minimum absolute atomic E-state index is 0.0287. The van der Waals surface area contributed by atoms with E-state index in [4.69, 9.17) is 4.74 Å². The molecule has 1 rings (SSSR count). The van der Waals surface area contributed by atoms with Crippen LogP contribution in [0, 0.1) is 0 Å². The first kappa shape index (κ1) is 9.45. The highest BCUT2D eigenvalue weighted by molar-refractivity contribution is 5.70. The fourth-order valence-electron chi connectivity index (χ4n) is 1.35. The van der Waals surface area contributed by atoms with Crippen molar-refractivity contribution in [1.29, 1.82) is 0 Å². The van der Waals surface area contributed by atoms with Crippen LogP contribution in [0.1, 0.15) is 19.8 Å². The number of nitrogens with one attached hydrogen (secondary N) is 1. The van der Waals surface area contributed by atoms with Crippen LogP contribution < -0.4 is 5.32 Å². The van der Waals surface area contributed by atoms with E-state index in [1.54, 1.807) is 6.92 Å². The second-order valence-corrected chi connectivity index (χ2v) is 2.95. The van der Waals surface area contributed by atoms with Crippen molar-refractivity contribution in [3.8, 4) is 0 Å². The Kier molecular flexibility index (Phi) is 3.47. The number of esters is 1. The quantitative estimate of drug-likeness (QED) is 0.640. The fraction of sp³-hybridized carbons (Fsp3) is 0.875. The highest BCUT2D eigenvalue weighted by Crippen LogP contribution is 2.12. The molecule has 0 aromatic rings. The molecule has 70 valence electrons. The normalized spacial score (nSPS) is 28.8. The summed E-state index contributed by atoms with van der Waals surface area (Å²) in [7, 11) is 0. The second-order valence-electron chi connectivity index (χ2n) is 2.95. The van der Waals surface area contributed by atoms with Crippen molar-refractivity contribution in [3.63, 3.8) is 0 Å². The van der Waals surface area contributed by atoms with Crippen molar-refractivity contribution >= 4 is 5.97 Å². The van der Waals surface area contributed by atoms with Crippen LogP contribution in [0.15, 0.2) is 0 Å².